The molecule has 0 unspecified atom stereocenters. The van der Waals surface area contributed by atoms with Gasteiger partial charge in [0.2, 0.25) is 0 Å². The number of aryl methyl sites for hydroxylation is 1. The summed E-state index contributed by atoms with van der Waals surface area (Å²) in [4.78, 5) is 26.7. The summed E-state index contributed by atoms with van der Waals surface area (Å²) < 4.78 is 38.2. The van der Waals surface area contributed by atoms with Crippen molar-refractivity contribution < 1.29 is 43.1 Å². The maximum atomic E-state index is 14.5. The van der Waals surface area contributed by atoms with Crippen molar-refractivity contribution in [2.75, 3.05) is 51.6 Å². The van der Waals surface area contributed by atoms with Crippen molar-refractivity contribution in [3.63, 3.8) is 0 Å². The van der Waals surface area contributed by atoms with Gasteiger partial charge in [0.1, 0.15) is 11.9 Å². The van der Waals surface area contributed by atoms with Crippen molar-refractivity contribution in [1.82, 2.24) is 4.57 Å². The van der Waals surface area contributed by atoms with Gasteiger partial charge in [-0.2, -0.15) is 0 Å². The van der Waals surface area contributed by atoms with Gasteiger partial charge in [-0.05, 0) is 71.8 Å². The van der Waals surface area contributed by atoms with Gasteiger partial charge in [-0.25, -0.2) is 4.39 Å². The molecule has 1 amide bonds. The highest BCUT2D eigenvalue weighted by atomic mass is 19.1. The van der Waals surface area contributed by atoms with Crippen molar-refractivity contribution in [2.45, 2.75) is 70.6 Å². The second-order valence-electron chi connectivity index (χ2n) is 13.5. The van der Waals surface area contributed by atoms with Crippen LogP contribution in [0.15, 0.2) is 78.9 Å². The molecule has 10 nitrogen and oxygen atoms in total. The van der Waals surface area contributed by atoms with Crippen molar-refractivity contribution in [2.24, 2.45) is 0 Å². The van der Waals surface area contributed by atoms with E-state index in [-0.39, 0.29) is 30.7 Å². The van der Waals surface area contributed by atoms with E-state index in [1.807, 2.05) is 68.4 Å². The Morgan fingerprint density at radius 2 is 1.57 bits per heavy atom. The van der Waals surface area contributed by atoms with Crippen LogP contribution >= 0.6 is 0 Å². The van der Waals surface area contributed by atoms with E-state index in [1.165, 1.54) is 12.1 Å². The molecule has 11 heteroatoms. The molecule has 2 heterocycles. The molecule has 0 radical (unpaired) electrons. The summed E-state index contributed by atoms with van der Waals surface area (Å²) in [6.45, 7) is 7.28. The summed E-state index contributed by atoms with van der Waals surface area (Å²) in [5, 5.41) is 22.1. The van der Waals surface area contributed by atoms with Crippen LogP contribution in [0.3, 0.4) is 0 Å². The Morgan fingerprint density at radius 3 is 2.21 bits per heavy atom. The Bertz CT molecular complexity index is 1740. The lowest BCUT2D eigenvalue weighted by Crippen LogP contribution is -2.33. The monoisotopic (exact) mass is 730 g/mol. The molecule has 53 heavy (non-hydrogen) atoms. The number of hydrogen-bond donors (Lipinski definition) is 3. The lowest BCUT2D eigenvalue weighted by molar-refractivity contribution is -0.160. The largest absolute Gasteiger partial charge is 0.462 e. The Morgan fingerprint density at radius 1 is 0.906 bits per heavy atom. The minimum atomic E-state index is -0.756. The molecular formula is C42H51FN2O8. The number of aromatic nitrogens is 1. The highest BCUT2D eigenvalue weighted by Gasteiger charge is 2.32. The molecular weight excluding hydrogens is 679 g/mol. The number of benzene rings is 3. The molecule has 4 aromatic rings. The third-order valence-electron chi connectivity index (χ3n) is 9.11. The molecule has 1 saturated heterocycles. The van der Waals surface area contributed by atoms with Crippen LogP contribution in [0.1, 0.15) is 67.1 Å². The normalized spacial score (nSPS) is 15.8. The van der Waals surface area contributed by atoms with Gasteiger partial charge in [-0.3, -0.25) is 9.59 Å². The molecule has 0 saturated carbocycles. The van der Waals surface area contributed by atoms with Crippen LogP contribution in [0.4, 0.5) is 10.1 Å². The van der Waals surface area contributed by atoms with E-state index >= 15 is 0 Å². The minimum Gasteiger partial charge on any atom is -0.462 e. The molecule has 284 valence electrons. The molecule has 2 atom stereocenters. The highest BCUT2D eigenvalue weighted by Crippen LogP contribution is 2.43. The van der Waals surface area contributed by atoms with Crippen molar-refractivity contribution in [1.29, 1.82) is 0 Å². The second kappa shape index (κ2) is 20.2. The zero-order valence-electron chi connectivity index (χ0n) is 30.6. The van der Waals surface area contributed by atoms with Crippen molar-refractivity contribution >= 4 is 17.6 Å². The summed E-state index contributed by atoms with van der Waals surface area (Å²) in [5.41, 5.74) is 6.19. The van der Waals surface area contributed by atoms with Crippen molar-refractivity contribution in [3.8, 4) is 22.4 Å². The maximum Gasteiger partial charge on any atom is 0.308 e. The molecule has 3 aromatic carbocycles. The van der Waals surface area contributed by atoms with Gasteiger partial charge < -0.3 is 39.0 Å². The third-order valence-corrected chi connectivity index (χ3v) is 9.11. The SMILES string of the molecule is CC(C)c1c(C(=O)Nc2ccc(CCCOCCOCCOCCO)cc2)c(-c2ccccc2)c(-c2ccc(F)cc2)n1CC[C@@H]1C[C@@H](O)CC(=O)O1. The third kappa shape index (κ3) is 11.3. The van der Waals surface area contributed by atoms with E-state index in [0.29, 0.717) is 70.3 Å². The molecule has 1 aliphatic rings. The quantitative estimate of drug-likeness (QED) is 0.0672. The molecule has 1 aliphatic heterocycles. The molecule has 3 N–H and O–H groups in total. The number of anilines is 1. The summed E-state index contributed by atoms with van der Waals surface area (Å²) in [5.74, 6) is -1.14. The first-order valence-electron chi connectivity index (χ1n) is 18.4. The number of halogens is 1. The van der Waals surface area contributed by atoms with Crippen LogP contribution in [-0.2, 0) is 36.7 Å². The van der Waals surface area contributed by atoms with Gasteiger partial charge >= 0.3 is 5.97 Å². The molecule has 1 fully saturated rings. The Balaban J connectivity index is 1.35. The number of ether oxygens (including phenoxy) is 4. The molecule has 1 aromatic heterocycles. The van der Waals surface area contributed by atoms with Gasteiger partial charge in [0.05, 0.1) is 63.4 Å². The van der Waals surface area contributed by atoms with Gasteiger partial charge in [0.15, 0.2) is 0 Å². The predicted molar refractivity (Wildman–Crippen MR) is 201 cm³/mol. The fourth-order valence-corrected chi connectivity index (χ4v) is 6.74. The lowest BCUT2D eigenvalue weighted by Gasteiger charge is -2.27. The van der Waals surface area contributed by atoms with Gasteiger partial charge in [0.25, 0.3) is 5.91 Å². The van der Waals surface area contributed by atoms with Crippen LogP contribution in [0.2, 0.25) is 0 Å². The summed E-state index contributed by atoms with van der Waals surface area (Å²) in [6, 6.07) is 23.8. The van der Waals surface area contributed by atoms with Gasteiger partial charge in [-0.15, -0.1) is 0 Å². The Kier molecular flexibility index (Phi) is 15.2. The van der Waals surface area contributed by atoms with Crippen LogP contribution in [0.25, 0.3) is 22.4 Å². The number of cyclic esters (lactones) is 1. The standard InChI is InChI=1S/C42H51FN2O8/c1-29(2)40-39(42(49)44-34-16-10-30(11-17-34)7-6-21-50-23-25-52-26-24-51-22-20-46)38(31-8-4-3-5-9-31)41(32-12-14-33(43)15-13-32)45(40)19-18-36-27-35(47)28-37(48)53-36/h3-5,8-17,29,35-36,46-47H,6-7,18-28H2,1-2H3,(H,44,49)/t35-,36-/m1/s1. The van der Waals surface area contributed by atoms with Crippen LogP contribution in [0, 0.1) is 5.82 Å². The first kappa shape index (κ1) is 39.8. The first-order chi connectivity index (χ1) is 25.7. The van der Waals surface area contributed by atoms with Gasteiger partial charge in [-0.1, -0.05) is 56.3 Å². The number of carbonyl (C=O) groups excluding carboxylic acids is 2. The van der Waals surface area contributed by atoms with Crippen molar-refractivity contribution in [3.05, 3.63) is 102 Å². The minimum absolute atomic E-state index is 0.00196. The molecule has 0 aliphatic carbocycles. The van der Waals surface area contributed by atoms with Crippen LogP contribution < -0.4 is 5.32 Å². The van der Waals surface area contributed by atoms with Crippen LogP contribution in [0.5, 0.6) is 0 Å². The summed E-state index contributed by atoms with van der Waals surface area (Å²) in [6.07, 6.45) is 1.18. The van der Waals surface area contributed by atoms with E-state index in [1.54, 1.807) is 12.1 Å². The van der Waals surface area contributed by atoms with E-state index in [4.69, 9.17) is 24.1 Å². The highest BCUT2D eigenvalue weighted by molar-refractivity contribution is 6.12. The Labute approximate surface area is 310 Å². The average Bonchev–Trinajstić information content (AvgIpc) is 3.49. The second-order valence-corrected chi connectivity index (χ2v) is 13.5. The fraction of sp³-hybridized carbons (Fsp3) is 0.429. The average molecular weight is 731 g/mol. The predicted octanol–water partition coefficient (Wildman–Crippen LogP) is 6.77. The topological polar surface area (TPSA) is 128 Å². The number of nitrogens with zero attached hydrogens (tertiary/aromatic N) is 1. The number of nitrogens with one attached hydrogen (secondary N) is 1. The number of carbonyl (C=O) groups is 2. The van der Waals surface area contributed by atoms with E-state index in [2.05, 4.69) is 9.88 Å². The zero-order chi connectivity index (χ0) is 37.6. The number of hydrogen-bond acceptors (Lipinski definition) is 8. The zero-order valence-corrected chi connectivity index (χ0v) is 30.6. The number of aliphatic hydroxyl groups excluding tert-OH is 2. The van der Waals surface area contributed by atoms with Crippen LogP contribution in [-0.4, -0.2) is 85.1 Å². The first-order valence-corrected chi connectivity index (χ1v) is 18.4. The Hall–Kier alpha value is -4.39. The number of esters is 1. The molecule has 5 rings (SSSR count). The summed E-state index contributed by atoms with van der Waals surface area (Å²) in [7, 11) is 0. The number of aliphatic hydroxyl groups is 2. The molecule has 0 spiro atoms. The van der Waals surface area contributed by atoms with E-state index in [0.717, 1.165) is 46.5 Å². The number of rotatable bonds is 20. The van der Waals surface area contributed by atoms with E-state index < -0.39 is 18.2 Å². The smallest absolute Gasteiger partial charge is 0.308 e. The summed E-state index contributed by atoms with van der Waals surface area (Å²) >= 11 is 0. The fourth-order valence-electron chi connectivity index (χ4n) is 6.74. The number of amides is 1. The van der Waals surface area contributed by atoms with Gasteiger partial charge in [0, 0.05) is 42.9 Å². The maximum absolute atomic E-state index is 14.5. The van der Waals surface area contributed by atoms with E-state index in [9.17, 15) is 19.1 Å². The molecule has 0 bridgehead atoms. The lowest BCUT2D eigenvalue weighted by atomic mass is 9.94.